The van der Waals surface area contributed by atoms with E-state index in [9.17, 15) is 8.42 Å². The van der Waals surface area contributed by atoms with Crippen molar-refractivity contribution in [3.05, 3.63) is 48.2 Å². The first-order valence-corrected chi connectivity index (χ1v) is 10.1. The average molecular weight is 371 g/mol. The van der Waals surface area contributed by atoms with Gasteiger partial charge < -0.3 is 10.6 Å². The Bertz CT molecular complexity index is 1020. The zero-order valence-electron chi connectivity index (χ0n) is 14.9. The minimum Gasteiger partial charge on any atom is -0.365 e. The fourth-order valence-electron chi connectivity index (χ4n) is 2.46. The van der Waals surface area contributed by atoms with Crippen LogP contribution >= 0.6 is 0 Å². The molecule has 8 heteroatoms. The highest BCUT2D eigenvalue weighted by Gasteiger charge is 2.10. The summed E-state index contributed by atoms with van der Waals surface area (Å²) in [6.07, 6.45) is 2.89. The van der Waals surface area contributed by atoms with E-state index in [1.165, 1.54) is 6.26 Å². The van der Waals surface area contributed by atoms with E-state index in [4.69, 9.17) is 0 Å². The summed E-state index contributed by atoms with van der Waals surface area (Å²) in [6.45, 7) is 4.54. The number of hydrogen-bond donors (Lipinski definition) is 2. The summed E-state index contributed by atoms with van der Waals surface area (Å²) in [7, 11) is -3.19. The molecule has 26 heavy (non-hydrogen) atoms. The topological polar surface area (TPSA) is 96.9 Å². The first-order chi connectivity index (χ1) is 12.3. The number of nitrogens with zero attached hydrogens (tertiary/aromatic N) is 3. The third-order valence-corrected chi connectivity index (χ3v) is 4.83. The lowest BCUT2D eigenvalue weighted by Gasteiger charge is -2.13. The zero-order valence-corrected chi connectivity index (χ0v) is 15.7. The number of pyridine rings is 1. The number of rotatable bonds is 6. The van der Waals surface area contributed by atoms with Gasteiger partial charge in [-0.2, -0.15) is 9.97 Å². The summed E-state index contributed by atoms with van der Waals surface area (Å²) in [4.78, 5) is 13.6. The highest BCUT2D eigenvalue weighted by molar-refractivity contribution is 7.90. The largest absolute Gasteiger partial charge is 0.365 e. The lowest BCUT2D eigenvalue weighted by atomic mass is 10.2. The normalized spacial score (nSPS) is 11.7. The van der Waals surface area contributed by atoms with Crippen LogP contribution in [0.2, 0.25) is 0 Å². The van der Waals surface area contributed by atoms with Crippen molar-refractivity contribution in [1.82, 2.24) is 15.0 Å². The molecule has 0 saturated carbocycles. The molecule has 0 amide bonds. The van der Waals surface area contributed by atoms with Crippen molar-refractivity contribution in [3.8, 4) is 0 Å². The van der Waals surface area contributed by atoms with Gasteiger partial charge in [-0.1, -0.05) is 12.1 Å². The van der Waals surface area contributed by atoms with Crippen molar-refractivity contribution in [1.29, 1.82) is 0 Å². The van der Waals surface area contributed by atoms with E-state index in [1.54, 1.807) is 30.5 Å². The van der Waals surface area contributed by atoms with Gasteiger partial charge in [-0.05, 0) is 43.7 Å². The van der Waals surface area contributed by atoms with Crippen LogP contribution in [0.25, 0.3) is 11.0 Å². The molecule has 0 saturated heterocycles. The molecule has 0 aliphatic carbocycles. The molecule has 2 N–H and O–H groups in total. The molecule has 0 spiro atoms. The van der Waals surface area contributed by atoms with E-state index >= 15 is 0 Å². The van der Waals surface area contributed by atoms with Gasteiger partial charge in [0.25, 0.3) is 0 Å². The Hall–Kier alpha value is -2.74. The predicted octanol–water partition coefficient (Wildman–Crippen LogP) is 2.86. The molecule has 2 heterocycles. The Labute approximate surface area is 152 Å². The summed E-state index contributed by atoms with van der Waals surface area (Å²) in [6, 6.07) is 10.8. The fraction of sp³-hybridized carbons (Fsp3) is 0.278. The van der Waals surface area contributed by atoms with Crippen LogP contribution in [0.3, 0.4) is 0 Å². The first-order valence-electron chi connectivity index (χ1n) is 8.25. The molecule has 0 bridgehead atoms. The summed E-state index contributed by atoms with van der Waals surface area (Å²) >= 11 is 0. The van der Waals surface area contributed by atoms with E-state index < -0.39 is 9.84 Å². The predicted molar refractivity (Wildman–Crippen MR) is 103 cm³/mol. The van der Waals surface area contributed by atoms with Gasteiger partial charge in [-0.3, -0.25) is 0 Å². The fourth-order valence-corrected chi connectivity index (χ4v) is 3.09. The molecule has 3 rings (SSSR count). The van der Waals surface area contributed by atoms with Crippen molar-refractivity contribution in [2.75, 3.05) is 16.9 Å². The second-order valence-electron chi connectivity index (χ2n) is 6.34. The van der Waals surface area contributed by atoms with E-state index in [-0.39, 0.29) is 6.04 Å². The van der Waals surface area contributed by atoms with Crippen molar-refractivity contribution in [2.24, 2.45) is 0 Å². The molecular formula is C18H21N5O2S. The number of benzene rings is 1. The number of fused-ring (bicyclic) bond motifs is 1. The van der Waals surface area contributed by atoms with Gasteiger partial charge >= 0.3 is 0 Å². The molecule has 136 valence electrons. The first kappa shape index (κ1) is 18.1. The Morgan fingerprint density at radius 2 is 1.81 bits per heavy atom. The number of aromatic nitrogens is 3. The second-order valence-corrected chi connectivity index (χ2v) is 8.35. The van der Waals surface area contributed by atoms with Gasteiger partial charge in [0.2, 0.25) is 5.95 Å². The van der Waals surface area contributed by atoms with Crippen LogP contribution in [-0.2, 0) is 16.4 Å². The molecule has 0 aliphatic heterocycles. The summed E-state index contributed by atoms with van der Waals surface area (Å²) in [5.41, 5.74) is 1.56. The third kappa shape index (κ3) is 4.26. The average Bonchev–Trinajstić information content (AvgIpc) is 2.58. The highest BCUT2D eigenvalue weighted by Crippen LogP contribution is 2.21. The molecule has 7 nitrogen and oxygen atoms in total. The van der Waals surface area contributed by atoms with E-state index in [2.05, 4.69) is 25.6 Å². The Kier molecular flexibility index (Phi) is 5.03. The Morgan fingerprint density at radius 3 is 2.46 bits per heavy atom. The van der Waals surface area contributed by atoms with Crippen LogP contribution in [0.4, 0.5) is 11.8 Å². The lowest BCUT2D eigenvalue weighted by Crippen LogP contribution is -2.14. The van der Waals surface area contributed by atoms with Crippen LogP contribution in [-0.4, -0.2) is 35.7 Å². The minimum absolute atomic E-state index is 0.201. The van der Waals surface area contributed by atoms with Gasteiger partial charge in [-0.15, -0.1) is 0 Å². The van der Waals surface area contributed by atoms with Crippen LogP contribution < -0.4 is 10.6 Å². The maximum absolute atomic E-state index is 11.5. The summed E-state index contributed by atoms with van der Waals surface area (Å²) < 4.78 is 23.1. The van der Waals surface area contributed by atoms with Crippen molar-refractivity contribution < 1.29 is 8.42 Å². The smallest absolute Gasteiger partial charge is 0.226 e. The molecule has 3 aromatic rings. The number of anilines is 2. The molecule has 0 radical (unpaired) electrons. The zero-order chi connectivity index (χ0) is 18.7. The van der Waals surface area contributed by atoms with Crippen LogP contribution in [0.15, 0.2) is 47.5 Å². The molecular weight excluding hydrogens is 350 g/mol. The maximum atomic E-state index is 11.5. The van der Waals surface area contributed by atoms with E-state index in [1.807, 2.05) is 26.0 Å². The Balaban J connectivity index is 1.85. The molecule has 0 fully saturated rings. The highest BCUT2D eigenvalue weighted by atomic mass is 32.2. The third-order valence-electron chi connectivity index (χ3n) is 3.70. The summed E-state index contributed by atoms with van der Waals surface area (Å²) in [5, 5.41) is 7.31. The molecule has 0 unspecified atom stereocenters. The number of nitrogens with one attached hydrogen (secondary N) is 2. The standard InChI is InChI=1S/C18H21N5O2S/c1-12(2)21-18-22-16-15(5-4-10-19-16)17(23-18)20-11-13-6-8-14(9-7-13)26(3,24)25/h4-10,12H,11H2,1-3H3,(H2,19,20,21,22,23). The monoisotopic (exact) mass is 371 g/mol. The van der Waals surface area contributed by atoms with Crippen molar-refractivity contribution in [3.63, 3.8) is 0 Å². The number of hydrogen-bond acceptors (Lipinski definition) is 7. The molecule has 1 aromatic carbocycles. The van der Waals surface area contributed by atoms with E-state index in [0.717, 1.165) is 10.9 Å². The second kappa shape index (κ2) is 7.25. The Morgan fingerprint density at radius 1 is 1.08 bits per heavy atom. The van der Waals surface area contributed by atoms with Crippen molar-refractivity contribution in [2.45, 2.75) is 31.3 Å². The van der Waals surface area contributed by atoms with Gasteiger partial charge in [0.1, 0.15) is 5.82 Å². The number of sulfone groups is 1. The van der Waals surface area contributed by atoms with Gasteiger partial charge in [0.05, 0.1) is 10.3 Å². The van der Waals surface area contributed by atoms with Gasteiger partial charge in [0.15, 0.2) is 15.5 Å². The minimum atomic E-state index is -3.19. The maximum Gasteiger partial charge on any atom is 0.226 e. The SMILES string of the molecule is CC(C)Nc1nc(NCc2ccc(S(C)(=O)=O)cc2)c2cccnc2n1. The van der Waals surface area contributed by atoms with Crippen LogP contribution in [0.1, 0.15) is 19.4 Å². The lowest BCUT2D eigenvalue weighted by molar-refractivity contribution is 0.602. The van der Waals surface area contributed by atoms with Crippen LogP contribution in [0.5, 0.6) is 0 Å². The van der Waals surface area contributed by atoms with Gasteiger partial charge in [0, 0.05) is 25.0 Å². The van der Waals surface area contributed by atoms with Gasteiger partial charge in [-0.25, -0.2) is 13.4 Å². The quantitative estimate of drug-likeness (QED) is 0.687. The summed E-state index contributed by atoms with van der Waals surface area (Å²) in [5.74, 6) is 1.19. The van der Waals surface area contributed by atoms with E-state index in [0.29, 0.717) is 28.9 Å². The molecule has 0 aliphatic rings. The van der Waals surface area contributed by atoms with Crippen LogP contribution in [0, 0.1) is 0 Å². The molecule has 0 atom stereocenters. The van der Waals surface area contributed by atoms with Crippen molar-refractivity contribution >= 4 is 32.6 Å². The molecule has 2 aromatic heterocycles.